The summed E-state index contributed by atoms with van der Waals surface area (Å²) in [5.74, 6) is 0.718. The quantitative estimate of drug-likeness (QED) is 0.770. The van der Waals surface area contributed by atoms with Crippen molar-refractivity contribution in [3.05, 3.63) is 23.9 Å². The van der Waals surface area contributed by atoms with Crippen molar-refractivity contribution in [3.8, 4) is 0 Å². The summed E-state index contributed by atoms with van der Waals surface area (Å²) in [5, 5.41) is 9.08. The molecule has 0 amide bonds. The van der Waals surface area contributed by atoms with Gasteiger partial charge < -0.3 is 10.0 Å². The van der Waals surface area contributed by atoms with Crippen LogP contribution < -0.4 is 4.90 Å². The number of pyridine rings is 1. The Balaban J connectivity index is 2.22. The van der Waals surface area contributed by atoms with Crippen molar-refractivity contribution < 1.29 is 9.50 Å². The Morgan fingerprint density at radius 1 is 1.64 bits per heavy atom. The van der Waals surface area contributed by atoms with Crippen molar-refractivity contribution in [2.24, 2.45) is 0 Å². The predicted molar refractivity (Wildman–Crippen MR) is 51.9 cm³/mol. The zero-order valence-electron chi connectivity index (χ0n) is 7.86. The number of rotatable bonds is 2. The van der Waals surface area contributed by atoms with Crippen LogP contribution in [0.1, 0.15) is 12.0 Å². The van der Waals surface area contributed by atoms with Gasteiger partial charge in [0.2, 0.25) is 0 Å². The van der Waals surface area contributed by atoms with Gasteiger partial charge in [0.25, 0.3) is 0 Å². The largest absolute Gasteiger partial charge is 0.392 e. The maximum atomic E-state index is 13.0. The second-order valence-electron chi connectivity index (χ2n) is 3.48. The van der Waals surface area contributed by atoms with Gasteiger partial charge in [0.1, 0.15) is 12.0 Å². The summed E-state index contributed by atoms with van der Waals surface area (Å²) in [6.45, 7) is 1.03. The highest BCUT2D eigenvalue weighted by Crippen LogP contribution is 2.23. The number of aromatic nitrogens is 1. The minimum absolute atomic E-state index is 0.0450. The summed E-state index contributed by atoms with van der Waals surface area (Å²) in [7, 11) is 0. The van der Waals surface area contributed by atoms with Crippen LogP contribution in [-0.2, 0) is 6.61 Å². The van der Waals surface area contributed by atoms with Gasteiger partial charge in [-0.3, -0.25) is 0 Å². The highest BCUT2D eigenvalue weighted by Gasteiger charge is 2.24. The molecule has 1 aliphatic heterocycles. The van der Waals surface area contributed by atoms with Crippen LogP contribution in [0.2, 0.25) is 0 Å². The Hall–Kier alpha value is -1.16. The van der Waals surface area contributed by atoms with Crippen LogP contribution >= 0.6 is 0 Å². The molecule has 4 heteroatoms. The average Bonchev–Trinajstić information content (AvgIpc) is 2.65. The van der Waals surface area contributed by atoms with E-state index in [-0.39, 0.29) is 6.61 Å². The highest BCUT2D eigenvalue weighted by atomic mass is 19.1. The summed E-state index contributed by atoms with van der Waals surface area (Å²) < 4.78 is 13.0. The fourth-order valence-electron chi connectivity index (χ4n) is 1.75. The average molecular weight is 196 g/mol. The number of hydrogen-bond acceptors (Lipinski definition) is 3. The molecular weight excluding hydrogens is 183 g/mol. The third kappa shape index (κ3) is 1.70. The minimum Gasteiger partial charge on any atom is -0.392 e. The molecule has 1 fully saturated rings. The van der Waals surface area contributed by atoms with Gasteiger partial charge in [-0.1, -0.05) is 6.07 Å². The Labute approximate surface area is 82.2 Å². The predicted octanol–water partition coefficient (Wildman–Crippen LogP) is 1.12. The molecule has 0 aromatic carbocycles. The lowest BCUT2D eigenvalue weighted by Gasteiger charge is -2.18. The van der Waals surface area contributed by atoms with Crippen molar-refractivity contribution in [2.45, 2.75) is 19.2 Å². The van der Waals surface area contributed by atoms with Crippen molar-refractivity contribution in [2.75, 3.05) is 18.0 Å². The topological polar surface area (TPSA) is 36.4 Å². The van der Waals surface area contributed by atoms with Gasteiger partial charge in [-0.15, -0.1) is 0 Å². The fourth-order valence-corrected chi connectivity index (χ4v) is 1.75. The Morgan fingerprint density at radius 2 is 2.50 bits per heavy atom. The molecule has 76 valence electrons. The molecule has 1 N–H and O–H groups in total. The molecular formula is C10H13FN2O. The monoisotopic (exact) mass is 196 g/mol. The van der Waals surface area contributed by atoms with Gasteiger partial charge in [0.05, 0.1) is 13.2 Å². The van der Waals surface area contributed by atoms with E-state index < -0.39 is 6.17 Å². The first-order valence-electron chi connectivity index (χ1n) is 4.75. The van der Waals surface area contributed by atoms with Crippen molar-refractivity contribution in [1.29, 1.82) is 0 Å². The molecule has 0 bridgehead atoms. The molecule has 0 radical (unpaired) electrons. The van der Waals surface area contributed by atoms with E-state index in [1.54, 1.807) is 12.3 Å². The van der Waals surface area contributed by atoms with Gasteiger partial charge in [-0.05, 0) is 12.5 Å². The first kappa shape index (κ1) is 9.40. The lowest BCUT2D eigenvalue weighted by molar-refractivity contribution is 0.281. The van der Waals surface area contributed by atoms with Gasteiger partial charge in [-0.2, -0.15) is 0 Å². The number of hydrogen-bond donors (Lipinski definition) is 1. The van der Waals surface area contributed by atoms with Gasteiger partial charge >= 0.3 is 0 Å². The number of anilines is 1. The lowest BCUT2D eigenvalue weighted by atomic mass is 10.2. The molecule has 3 nitrogen and oxygen atoms in total. The number of halogens is 1. The zero-order valence-corrected chi connectivity index (χ0v) is 7.86. The second kappa shape index (κ2) is 3.92. The van der Waals surface area contributed by atoms with Crippen LogP contribution in [0.3, 0.4) is 0 Å². The highest BCUT2D eigenvalue weighted by molar-refractivity contribution is 5.47. The maximum absolute atomic E-state index is 13.0. The van der Waals surface area contributed by atoms with Crippen molar-refractivity contribution >= 4 is 5.82 Å². The van der Waals surface area contributed by atoms with Gasteiger partial charge in [-0.25, -0.2) is 9.37 Å². The van der Waals surface area contributed by atoms with E-state index in [1.165, 1.54) is 0 Å². The van der Waals surface area contributed by atoms with Crippen LogP contribution in [-0.4, -0.2) is 29.4 Å². The number of nitrogens with zero attached hydrogens (tertiary/aromatic N) is 2. The summed E-state index contributed by atoms with van der Waals surface area (Å²) in [6, 6.07) is 3.59. The standard InChI is InChI=1S/C10H13FN2O/c11-9-3-5-13(6-9)10-8(7-14)2-1-4-12-10/h1-2,4,9,14H,3,5-7H2. The molecule has 0 spiro atoms. The molecule has 14 heavy (non-hydrogen) atoms. The summed E-state index contributed by atoms with van der Waals surface area (Å²) in [6.07, 6.45) is 1.46. The molecule has 1 aromatic heterocycles. The van der Waals surface area contributed by atoms with Crippen LogP contribution in [0.15, 0.2) is 18.3 Å². The summed E-state index contributed by atoms with van der Waals surface area (Å²) in [5.41, 5.74) is 0.765. The fraction of sp³-hybridized carbons (Fsp3) is 0.500. The second-order valence-corrected chi connectivity index (χ2v) is 3.48. The van der Waals surface area contributed by atoms with E-state index >= 15 is 0 Å². The van der Waals surface area contributed by atoms with Crippen LogP contribution in [0.25, 0.3) is 0 Å². The van der Waals surface area contributed by atoms with Crippen LogP contribution in [0.5, 0.6) is 0 Å². The summed E-state index contributed by atoms with van der Waals surface area (Å²) in [4.78, 5) is 6.05. The smallest absolute Gasteiger partial charge is 0.134 e. The molecule has 1 saturated heterocycles. The normalized spacial score (nSPS) is 21.6. The lowest BCUT2D eigenvalue weighted by Crippen LogP contribution is -2.22. The van der Waals surface area contributed by atoms with E-state index in [9.17, 15) is 4.39 Å². The molecule has 0 aliphatic carbocycles. The maximum Gasteiger partial charge on any atom is 0.134 e. The van der Waals surface area contributed by atoms with Crippen molar-refractivity contribution in [3.63, 3.8) is 0 Å². The Kier molecular flexibility index (Phi) is 2.63. The number of aliphatic hydroxyl groups is 1. The van der Waals surface area contributed by atoms with Crippen LogP contribution in [0, 0.1) is 0 Å². The number of alkyl halides is 1. The van der Waals surface area contributed by atoms with Gasteiger partial charge in [0, 0.05) is 18.3 Å². The molecule has 2 rings (SSSR count). The van der Waals surface area contributed by atoms with E-state index in [4.69, 9.17) is 5.11 Å². The van der Waals surface area contributed by atoms with E-state index in [0.717, 1.165) is 11.4 Å². The number of aliphatic hydroxyl groups excluding tert-OH is 1. The van der Waals surface area contributed by atoms with Crippen molar-refractivity contribution in [1.82, 2.24) is 4.98 Å². The third-order valence-electron chi connectivity index (χ3n) is 2.47. The minimum atomic E-state index is -0.761. The molecule has 0 saturated carbocycles. The third-order valence-corrected chi connectivity index (χ3v) is 2.47. The molecule has 1 unspecified atom stereocenters. The summed E-state index contributed by atoms with van der Waals surface area (Å²) >= 11 is 0. The molecule has 2 heterocycles. The Bertz CT molecular complexity index is 319. The van der Waals surface area contributed by atoms with Gasteiger partial charge in [0.15, 0.2) is 0 Å². The van der Waals surface area contributed by atoms with E-state index in [0.29, 0.717) is 19.5 Å². The first-order valence-corrected chi connectivity index (χ1v) is 4.75. The molecule has 1 atom stereocenters. The SMILES string of the molecule is OCc1cccnc1N1CCC(F)C1. The van der Waals surface area contributed by atoms with Crippen LogP contribution in [0.4, 0.5) is 10.2 Å². The first-order chi connectivity index (χ1) is 6.81. The van der Waals surface area contributed by atoms with E-state index in [2.05, 4.69) is 4.98 Å². The molecule has 1 aliphatic rings. The van der Waals surface area contributed by atoms with E-state index in [1.807, 2.05) is 11.0 Å². The Morgan fingerprint density at radius 3 is 3.14 bits per heavy atom. The molecule has 1 aromatic rings. The zero-order chi connectivity index (χ0) is 9.97.